The molecule has 1 aliphatic heterocycles. The van der Waals surface area contributed by atoms with Crippen molar-refractivity contribution in [3.05, 3.63) is 34.9 Å². The van der Waals surface area contributed by atoms with Crippen LogP contribution < -0.4 is 10.6 Å². The lowest BCUT2D eigenvalue weighted by Crippen LogP contribution is -2.55. The van der Waals surface area contributed by atoms with Crippen molar-refractivity contribution in [1.82, 2.24) is 15.5 Å². The molecule has 2 atom stereocenters. The van der Waals surface area contributed by atoms with E-state index in [1.54, 1.807) is 40.9 Å². The van der Waals surface area contributed by atoms with E-state index in [2.05, 4.69) is 10.6 Å². The first-order chi connectivity index (χ1) is 13.8. The molecule has 2 unspecified atom stereocenters. The van der Waals surface area contributed by atoms with Gasteiger partial charge in [0.25, 0.3) is 5.91 Å². The van der Waals surface area contributed by atoms with Crippen molar-refractivity contribution in [3.63, 3.8) is 0 Å². The molecule has 1 fully saturated rings. The van der Waals surface area contributed by atoms with Gasteiger partial charge >= 0.3 is 0 Å². The monoisotopic (exact) mass is 439 g/mol. The van der Waals surface area contributed by atoms with E-state index in [0.717, 1.165) is 18.6 Å². The molecule has 0 aliphatic carbocycles. The summed E-state index contributed by atoms with van der Waals surface area (Å²) in [6.45, 7) is 4.80. The van der Waals surface area contributed by atoms with Crippen LogP contribution in [0.2, 0.25) is 5.02 Å². The molecule has 1 heterocycles. The fraction of sp³-hybridized carbons (Fsp3) is 0.571. The second-order valence-corrected chi connectivity index (χ2v) is 8.97. The zero-order chi connectivity index (χ0) is 21.4. The summed E-state index contributed by atoms with van der Waals surface area (Å²) in [6, 6.07) is 6.13. The number of piperidine rings is 1. The van der Waals surface area contributed by atoms with Crippen LogP contribution in [0.4, 0.5) is 0 Å². The normalized spacial score (nSPS) is 17.7. The molecular formula is C21H30ClN3O3S. The van der Waals surface area contributed by atoms with Gasteiger partial charge in [0.05, 0.1) is 10.6 Å². The molecule has 0 spiro atoms. The predicted octanol–water partition coefficient (Wildman–Crippen LogP) is 2.95. The minimum Gasteiger partial charge on any atom is -0.351 e. The number of hydrogen-bond acceptors (Lipinski definition) is 4. The van der Waals surface area contributed by atoms with Crippen molar-refractivity contribution in [2.45, 2.75) is 45.2 Å². The quantitative estimate of drug-likeness (QED) is 0.652. The third kappa shape index (κ3) is 6.93. The number of nitrogens with zero attached hydrogens (tertiary/aromatic N) is 1. The van der Waals surface area contributed by atoms with Crippen molar-refractivity contribution in [2.75, 3.05) is 25.1 Å². The van der Waals surface area contributed by atoms with E-state index in [1.807, 2.05) is 20.1 Å². The van der Waals surface area contributed by atoms with Crippen LogP contribution in [-0.2, 0) is 9.59 Å². The average molecular weight is 440 g/mol. The molecule has 8 heteroatoms. The summed E-state index contributed by atoms with van der Waals surface area (Å²) >= 11 is 7.75. The van der Waals surface area contributed by atoms with Crippen LogP contribution in [0.5, 0.6) is 0 Å². The highest BCUT2D eigenvalue weighted by molar-refractivity contribution is 7.98. The van der Waals surface area contributed by atoms with E-state index in [-0.39, 0.29) is 29.7 Å². The predicted molar refractivity (Wildman–Crippen MR) is 118 cm³/mol. The number of thioether (sulfide) groups is 1. The largest absolute Gasteiger partial charge is 0.351 e. The number of nitrogens with one attached hydrogen (secondary N) is 2. The van der Waals surface area contributed by atoms with Gasteiger partial charge in [-0.15, -0.1) is 0 Å². The first-order valence-corrected chi connectivity index (χ1v) is 11.7. The Hall–Kier alpha value is -1.73. The highest BCUT2D eigenvalue weighted by atomic mass is 35.5. The molecular weight excluding hydrogens is 410 g/mol. The van der Waals surface area contributed by atoms with Crippen LogP contribution in [-0.4, -0.2) is 59.8 Å². The van der Waals surface area contributed by atoms with Gasteiger partial charge < -0.3 is 15.5 Å². The van der Waals surface area contributed by atoms with Crippen LogP contribution in [0.3, 0.4) is 0 Å². The van der Waals surface area contributed by atoms with Gasteiger partial charge in [0, 0.05) is 25.0 Å². The Balaban J connectivity index is 2.06. The van der Waals surface area contributed by atoms with Gasteiger partial charge in [-0.3, -0.25) is 14.4 Å². The molecule has 0 saturated carbocycles. The highest BCUT2D eigenvalue weighted by Gasteiger charge is 2.31. The maximum Gasteiger partial charge on any atom is 0.253 e. The number of likely N-dealkylation sites (tertiary alicyclic amines) is 1. The van der Waals surface area contributed by atoms with Crippen LogP contribution >= 0.6 is 23.4 Å². The van der Waals surface area contributed by atoms with Gasteiger partial charge in [-0.1, -0.05) is 37.6 Å². The molecule has 3 amide bonds. The number of carbonyl (C=O) groups excluding carboxylic acids is 3. The highest BCUT2D eigenvalue weighted by Crippen LogP contribution is 2.17. The molecule has 2 N–H and O–H groups in total. The Kier molecular flexibility index (Phi) is 9.30. The SMILES string of the molecule is CSCCC(NC(=O)c1ccccc1Cl)C(=O)N1CCCC(NC(=O)C(C)C)C1. The summed E-state index contributed by atoms with van der Waals surface area (Å²) in [6.07, 6.45) is 4.18. The van der Waals surface area contributed by atoms with E-state index in [0.29, 0.717) is 30.1 Å². The van der Waals surface area contributed by atoms with Gasteiger partial charge in [0.2, 0.25) is 11.8 Å². The standard InChI is InChI=1S/C21H30ClN3O3S/c1-14(2)19(26)23-15-7-6-11-25(13-15)21(28)18(10-12-29-3)24-20(27)16-8-4-5-9-17(16)22/h4-5,8-9,14-15,18H,6-7,10-13H2,1-3H3,(H,23,26)(H,24,27). The van der Waals surface area contributed by atoms with E-state index < -0.39 is 6.04 Å². The zero-order valence-corrected chi connectivity index (χ0v) is 18.8. The number of halogens is 1. The molecule has 1 aliphatic rings. The molecule has 0 bridgehead atoms. The molecule has 1 aromatic rings. The Morgan fingerprint density at radius 2 is 2.00 bits per heavy atom. The minimum absolute atomic E-state index is 0.00439. The van der Waals surface area contributed by atoms with Gasteiger partial charge in [0.15, 0.2) is 0 Å². The van der Waals surface area contributed by atoms with Crippen molar-refractivity contribution >= 4 is 41.1 Å². The Labute approximate surface area is 182 Å². The summed E-state index contributed by atoms with van der Waals surface area (Å²) in [5.41, 5.74) is 0.358. The van der Waals surface area contributed by atoms with Crippen LogP contribution in [0.25, 0.3) is 0 Å². The first-order valence-electron chi connectivity index (χ1n) is 9.97. The van der Waals surface area contributed by atoms with Crippen molar-refractivity contribution < 1.29 is 14.4 Å². The molecule has 29 heavy (non-hydrogen) atoms. The van der Waals surface area contributed by atoms with Gasteiger partial charge in [-0.05, 0) is 43.4 Å². The van der Waals surface area contributed by atoms with Gasteiger partial charge in [-0.2, -0.15) is 11.8 Å². The number of amides is 3. The Bertz CT molecular complexity index is 729. The van der Waals surface area contributed by atoms with Gasteiger partial charge in [-0.25, -0.2) is 0 Å². The second-order valence-electron chi connectivity index (χ2n) is 7.57. The third-order valence-corrected chi connectivity index (χ3v) is 5.91. The Morgan fingerprint density at radius 1 is 1.28 bits per heavy atom. The third-order valence-electron chi connectivity index (χ3n) is 4.94. The molecule has 6 nitrogen and oxygen atoms in total. The molecule has 1 aromatic carbocycles. The smallest absolute Gasteiger partial charge is 0.253 e. The summed E-state index contributed by atoms with van der Waals surface area (Å²) in [5, 5.41) is 6.24. The van der Waals surface area contributed by atoms with Crippen LogP contribution in [0, 0.1) is 5.92 Å². The fourth-order valence-electron chi connectivity index (χ4n) is 3.26. The zero-order valence-electron chi connectivity index (χ0n) is 17.2. The number of carbonyl (C=O) groups is 3. The number of hydrogen-bond donors (Lipinski definition) is 2. The molecule has 0 radical (unpaired) electrons. The van der Waals surface area contributed by atoms with Crippen molar-refractivity contribution in [3.8, 4) is 0 Å². The van der Waals surface area contributed by atoms with E-state index in [9.17, 15) is 14.4 Å². The summed E-state index contributed by atoms with van der Waals surface area (Å²) in [5.74, 6) is 0.195. The maximum absolute atomic E-state index is 13.2. The average Bonchev–Trinajstić information content (AvgIpc) is 2.70. The lowest BCUT2D eigenvalue weighted by Gasteiger charge is -2.35. The molecule has 1 saturated heterocycles. The second kappa shape index (κ2) is 11.5. The number of benzene rings is 1. The molecule has 2 rings (SSSR count). The minimum atomic E-state index is -0.620. The maximum atomic E-state index is 13.2. The molecule has 0 aromatic heterocycles. The summed E-state index contributed by atoms with van der Waals surface area (Å²) in [7, 11) is 0. The topological polar surface area (TPSA) is 78.5 Å². The van der Waals surface area contributed by atoms with Crippen LogP contribution in [0.1, 0.15) is 43.5 Å². The van der Waals surface area contributed by atoms with Crippen molar-refractivity contribution in [1.29, 1.82) is 0 Å². The Morgan fingerprint density at radius 3 is 2.66 bits per heavy atom. The summed E-state index contributed by atoms with van der Waals surface area (Å²) < 4.78 is 0. The van der Waals surface area contributed by atoms with Crippen molar-refractivity contribution in [2.24, 2.45) is 5.92 Å². The number of rotatable bonds is 8. The lowest BCUT2D eigenvalue weighted by atomic mass is 10.0. The lowest BCUT2D eigenvalue weighted by molar-refractivity contribution is -0.135. The van der Waals surface area contributed by atoms with E-state index in [4.69, 9.17) is 11.6 Å². The van der Waals surface area contributed by atoms with E-state index >= 15 is 0 Å². The van der Waals surface area contributed by atoms with Gasteiger partial charge in [0.1, 0.15) is 6.04 Å². The van der Waals surface area contributed by atoms with Crippen LogP contribution in [0.15, 0.2) is 24.3 Å². The molecule has 160 valence electrons. The van der Waals surface area contributed by atoms with E-state index in [1.165, 1.54) is 0 Å². The first kappa shape index (κ1) is 23.5. The summed E-state index contributed by atoms with van der Waals surface area (Å²) in [4.78, 5) is 39.6. The fourth-order valence-corrected chi connectivity index (χ4v) is 3.95.